The molecule has 1 rings (SSSR count). The molecule has 13 heavy (non-hydrogen) atoms. The molecular weight excluding hydrogens is 214 g/mol. The average Bonchev–Trinajstić information content (AvgIpc) is 1.86. The molecule has 0 spiro atoms. The molecule has 76 valence electrons. The van der Waals surface area contributed by atoms with Crippen LogP contribution in [0.4, 0.5) is 0 Å². The van der Waals surface area contributed by atoms with Crippen LogP contribution in [0.1, 0.15) is 0 Å². The fraction of sp³-hybridized carbons (Fsp3) is 0. The maximum atomic E-state index is 10.7. The van der Waals surface area contributed by atoms with Gasteiger partial charge in [0.15, 0.2) is 0 Å². The van der Waals surface area contributed by atoms with Gasteiger partial charge in [0.05, 0.1) is 4.90 Å². The van der Waals surface area contributed by atoms with Crippen molar-refractivity contribution in [2.75, 3.05) is 0 Å². The predicted octanol–water partition coefficient (Wildman–Crippen LogP) is 1.31. The van der Waals surface area contributed by atoms with Crippen LogP contribution >= 0.6 is 11.6 Å². The number of hydrogen-bond donors (Lipinski definition) is 3. The van der Waals surface area contributed by atoms with Crippen LogP contribution in [-0.4, -0.2) is 8.42 Å². The molecule has 0 amide bonds. The second-order valence-electron chi connectivity index (χ2n) is 2.00. The highest BCUT2D eigenvalue weighted by Gasteiger charge is 2.05. The zero-order valence-electron chi connectivity index (χ0n) is 6.90. The first kappa shape index (κ1) is 14.8. The molecule has 0 aromatic heterocycles. The van der Waals surface area contributed by atoms with E-state index in [0.717, 1.165) is 0 Å². The van der Waals surface area contributed by atoms with Crippen molar-refractivity contribution in [3.63, 3.8) is 0 Å². The Kier molecular flexibility index (Phi) is 5.88. The largest absolute Gasteiger partial charge is 0.344 e. The lowest BCUT2D eigenvalue weighted by Gasteiger charge is -1.95. The first-order chi connectivity index (χ1) is 5.00. The van der Waals surface area contributed by atoms with Crippen LogP contribution in [0.15, 0.2) is 29.2 Å². The van der Waals surface area contributed by atoms with Crippen LogP contribution in [0.25, 0.3) is 0 Å². The molecule has 0 radical (unpaired) electrons. The van der Waals surface area contributed by atoms with E-state index < -0.39 is 10.0 Å². The van der Waals surface area contributed by atoms with Gasteiger partial charge in [-0.25, -0.2) is 13.6 Å². The summed E-state index contributed by atoms with van der Waals surface area (Å²) in [6.07, 6.45) is 0. The van der Waals surface area contributed by atoms with Crippen molar-refractivity contribution in [1.29, 1.82) is 0 Å². The van der Waals surface area contributed by atoms with Gasteiger partial charge in [0.25, 0.3) is 0 Å². The highest BCUT2D eigenvalue weighted by Crippen LogP contribution is 2.11. The fourth-order valence-corrected chi connectivity index (χ4v) is 1.27. The molecule has 7 heteroatoms. The second kappa shape index (κ2) is 5.15. The topological polar surface area (TPSA) is 130 Å². The molecule has 0 fully saturated rings. The van der Waals surface area contributed by atoms with Gasteiger partial charge in [-0.2, -0.15) is 0 Å². The minimum atomic E-state index is -3.58. The molecule has 0 saturated carbocycles. The maximum absolute atomic E-state index is 10.7. The van der Waals surface area contributed by atoms with E-state index in [1.807, 2.05) is 0 Å². The molecule has 1 aromatic rings. The summed E-state index contributed by atoms with van der Waals surface area (Å²) in [6.45, 7) is 0. The molecule has 1 aromatic carbocycles. The van der Waals surface area contributed by atoms with Crippen molar-refractivity contribution in [2.45, 2.75) is 4.90 Å². The number of benzene rings is 1. The summed E-state index contributed by atoms with van der Waals surface area (Å²) in [5.74, 6) is 0. The van der Waals surface area contributed by atoms with E-state index in [2.05, 4.69) is 0 Å². The van der Waals surface area contributed by atoms with Crippen LogP contribution < -0.4 is 17.4 Å². The normalized spacial score (nSPS) is 9.69. The summed E-state index contributed by atoms with van der Waals surface area (Å²) < 4.78 is 21.4. The fourth-order valence-electron chi connectivity index (χ4n) is 0.624. The second-order valence-corrected chi connectivity index (χ2v) is 4.00. The van der Waals surface area contributed by atoms with Gasteiger partial charge in [-0.3, -0.25) is 0 Å². The molecule has 0 aliphatic rings. The number of halogens is 1. The average molecular weight is 226 g/mol. The van der Waals surface area contributed by atoms with Crippen molar-refractivity contribution in [3.05, 3.63) is 29.3 Å². The van der Waals surface area contributed by atoms with Gasteiger partial charge < -0.3 is 12.3 Å². The number of sulfonamides is 1. The molecule has 0 unspecified atom stereocenters. The van der Waals surface area contributed by atoms with E-state index in [4.69, 9.17) is 16.7 Å². The molecule has 0 aliphatic carbocycles. The predicted molar refractivity (Wildman–Crippen MR) is 52.9 cm³/mol. The van der Waals surface area contributed by atoms with E-state index in [0.29, 0.717) is 5.02 Å². The van der Waals surface area contributed by atoms with Crippen LogP contribution in [0.5, 0.6) is 0 Å². The number of rotatable bonds is 1. The highest BCUT2D eigenvalue weighted by atomic mass is 35.5. The Morgan fingerprint density at radius 1 is 1.08 bits per heavy atom. The third-order valence-corrected chi connectivity index (χ3v) is 2.32. The maximum Gasteiger partial charge on any atom is 0.238 e. The standard InChI is InChI=1S/C6H6ClNO2S.2H3N/c7-5-1-3-6(4-2-5)11(8,9)10;;/h1-4H,(H2,8,9,10);2*1H3. The number of primary sulfonamides is 1. The summed E-state index contributed by atoms with van der Waals surface area (Å²) in [7, 11) is -3.58. The minimum Gasteiger partial charge on any atom is -0.344 e. The van der Waals surface area contributed by atoms with E-state index >= 15 is 0 Å². The quantitative estimate of drug-likeness (QED) is 0.665. The lowest BCUT2D eigenvalue weighted by molar-refractivity contribution is 0.598. The van der Waals surface area contributed by atoms with E-state index in [1.165, 1.54) is 24.3 Å². The number of hydrogen-bond acceptors (Lipinski definition) is 4. The molecule has 0 saturated heterocycles. The van der Waals surface area contributed by atoms with Crippen molar-refractivity contribution in [1.82, 2.24) is 12.3 Å². The molecule has 8 N–H and O–H groups in total. The molecule has 0 bridgehead atoms. The third-order valence-electron chi connectivity index (χ3n) is 1.14. The van der Waals surface area contributed by atoms with Crippen molar-refractivity contribution < 1.29 is 8.42 Å². The number of nitrogens with two attached hydrogens (primary N) is 1. The lowest BCUT2D eigenvalue weighted by atomic mass is 10.4. The molecule has 0 heterocycles. The van der Waals surface area contributed by atoms with Gasteiger partial charge in [0, 0.05) is 5.02 Å². The first-order valence-corrected chi connectivity index (χ1v) is 4.71. The Morgan fingerprint density at radius 2 is 1.46 bits per heavy atom. The summed E-state index contributed by atoms with van der Waals surface area (Å²) in [5.41, 5.74) is 0. The molecule has 0 aliphatic heterocycles. The Hall–Kier alpha value is -0.660. The van der Waals surface area contributed by atoms with Gasteiger partial charge in [-0.1, -0.05) is 11.6 Å². The van der Waals surface area contributed by atoms with Gasteiger partial charge in [0.2, 0.25) is 10.0 Å². The van der Waals surface area contributed by atoms with Gasteiger partial charge in [0.1, 0.15) is 0 Å². The Bertz CT molecular complexity index is 349. The molecule has 0 atom stereocenters. The first-order valence-electron chi connectivity index (χ1n) is 2.78. The Morgan fingerprint density at radius 3 is 1.77 bits per heavy atom. The molecular formula is C6H12ClN3O2S. The van der Waals surface area contributed by atoms with Crippen molar-refractivity contribution in [2.24, 2.45) is 5.14 Å². The van der Waals surface area contributed by atoms with Gasteiger partial charge in [-0.15, -0.1) is 0 Å². The van der Waals surface area contributed by atoms with E-state index in [1.54, 1.807) is 0 Å². The summed E-state index contributed by atoms with van der Waals surface area (Å²) >= 11 is 5.53. The monoisotopic (exact) mass is 225 g/mol. The van der Waals surface area contributed by atoms with Gasteiger partial charge in [-0.05, 0) is 24.3 Å². The van der Waals surface area contributed by atoms with Crippen LogP contribution in [0, 0.1) is 0 Å². The summed E-state index contributed by atoms with van der Waals surface area (Å²) in [6, 6.07) is 5.66. The summed E-state index contributed by atoms with van der Waals surface area (Å²) in [4.78, 5) is 0.0712. The minimum absolute atomic E-state index is 0. The van der Waals surface area contributed by atoms with E-state index in [9.17, 15) is 8.42 Å². The SMILES string of the molecule is N.N.NS(=O)(=O)c1ccc(Cl)cc1. The van der Waals surface area contributed by atoms with Crippen LogP contribution in [0.3, 0.4) is 0 Å². The Balaban J connectivity index is 0. The van der Waals surface area contributed by atoms with Crippen LogP contribution in [-0.2, 0) is 10.0 Å². The lowest BCUT2D eigenvalue weighted by Crippen LogP contribution is -2.11. The van der Waals surface area contributed by atoms with Gasteiger partial charge >= 0.3 is 0 Å². The smallest absolute Gasteiger partial charge is 0.238 e. The van der Waals surface area contributed by atoms with Crippen molar-refractivity contribution >= 4 is 21.6 Å². The zero-order chi connectivity index (χ0) is 8.48. The summed E-state index contributed by atoms with van der Waals surface area (Å²) in [5, 5.41) is 5.32. The van der Waals surface area contributed by atoms with E-state index in [-0.39, 0.29) is 17.2 Å². The zero-order valence-corrected chi connectivity index (χ0v) is 8.48. The molecule has 5 nitrogen and oxygen atoms in total. The Labute approximate surface area is 82.1 Å². The van der Waals surface area contributed by atoms with Crippen LogP contribution in [0.2, 0.25) is 5.02 Å². The third kappa shape index (κ3) is 4.20. The highest BCUT2D eigenvalue weighted by molar-refractivity contribution is 7.89. The van der Waals surface area contributed by atoms with Crippen molar-refractivity contribution in [3.8, 4) is 0 Å².